The smallest absolute Gasteiger partial charge is 0.0900 e. The van der Waals surface area contributed by atoms with E-state index in [-0.39, 0.29) is 0 Å². The molecule has 2 rings (SSSR count). The van der Waals surface area contributed by atoms with Gasteiger partial charge in [0.25, 0.3) is 0 Å². The molecule has 0 spiro atoms. The van der Waals surface area contributed by atoms with Gasteiger partial charge in [-0.2, -0.15) is 5.10 Å². The number of halogens is 2. The second kappa shape index (κ2) is 6.55. The molecule has 1 aromatic carbocycles. The number of ether oxygens (including phenoxy) is 1. The summed E-state index contributed by atoms with van der Waals surface area (Å²) in [6, 6.07) is 7.68. The van der Waals surface area contributed by atoms with Crippen LogP contribution in [0.3, 0.4) is 0 Å². The highest BCUT2D eigenvalue weighted by Gasteiger charge is 2.12. The number of aryl methyl sites for hydroxylation is 2. The Bertz CT molecular complexity index is 551. The number of nitrogens with zero attached hydrogens (tertiary/aromatic N) is 2. The van der Waals surface area contributed by atoms with Crippen molar-refractivity contribution in [1.29, 1.82) is 0 Å². The molecule has 0 saturated carbocycles. The predicted octanol–water partition coefficient (Wildman–Crippen LogP) is 4.12. The van der Waals surface area contributed by atoms with Crippen LogP contribution in [0.1, 0.15) is 23.9 Å². The zero-order valence-corrected chi connectivity index (χ0v) is 13.3. The standard InChI is InChI=1S/C14H16BrClN2O/c1-3-12-14(15)13(18(2)17-12)9-19-8-10-4-6-11(16)7-5-10/h4-7H,3,8-9H2,1-2H3. The van der Waals surface area contributed by atoms with Crippen LogP contribution in [0.15, 0.2) is 28.7 Å². The fraction of sp³-hybridized carbons (Fsp3) is 0.357. The molecule has 0 N–H and O–H groups in total. The van der Waals surface area contributed by atoms with Crippen molar-refractivity contribution < 1.29 is 4.74 Å². The monoisotopic (exact) mass is 342 g/mol. The van der Waals surface area contributed by atoms with E-state index in [4.69, 9.17) is 16.3 Å². The summed E-state index contributed by atoms with van der Waals surface area (Å²) in [6.07, 6.45) is 0.908. The first kappa shape index (κ1) is 14.6. The van der Waals surface area contributed by atoms with Gasteiger partial charge in [-0.3, -0.25) is 4.68 Å². The Morgan fingerprint density at radius 1 is 1.26 bits per heavy atom. The molecule has 0 atom stereocenters. The van der Waals surface area contributed by atoms with Crippen LogP contribution in [0.25, 0.3) is 0 Å². The summed E-state index contributed by atoms with van der Waals surface area (Å²) in [5.41, 5.74) is 3.23. The predicted molar refractivity (Wildman–Crippen MR) is 80.2 cm³/mol. The van der Waals surface area contributed by atoms with Crippen LogP contribution < -0.4 is 0 Å². The summed E-state index contributed by atoms with van der Waals surface area (Å²) < 4.78 is 8.65. The third kappa shape index (κ3) is 3.59. The van der Waals surface area contributed by atoms with Gasteiger partial charge in [-0.15, -0.1) is 0 Å². The molecule has 0 saturated heterocycles. The second-order valence-electron chi connectivity index (χ2n) is 4.30. The molecular formula is C14H16BrClN2O. The molecule has 0 bridgehead atoms. The van der Waals surface area contributed by atoms with Crippen LogP contribution in [0.4, 0.5) is 0 Å². The highest BCUT2D eigenvalue weighted by molar-refractivity contribution is 9.10. The summed E-state index contributed by atoms with van der Waals surface area (Å²) in [4.78, 5) is 0. The van der Waals surface area contributed by atoms with E-state index in [2.05, 4.69) is 28.0 Å². The Kier molecular flexibility index (Phi) is 5.02. The van der Waals surface area contributed by atoms with E-state index in [0.29, 0.717) is 13.2 Å². The molecule has 3 nitrogen and oxygen atoms in total. The molecule has 0 aliphatic heterocycles. The minimum atomic E-state index is 0.534. The number of rotatable bonds is 5. The number of hydrogen-bond acceptors (Lipinski definition) is 2. The van der Waals surface area contributed by atoms with Gasteiger partial charge < -0.3 is 4.74 Å². The van der Waals surface area contributed by atoms with Crippen molar-refractivity contribution in [2.75, 3.05) is 0 Å². The molecule has 0 aliphatic carbocycles. The molecule has 0 amide bonds. The Labute approximate surface area is 126 Å². The summed E-state index contributed by atoms with van der Waals surface area (Å²) in [5.74, 6) is 0. The van der Waals surface area contributed by atoms with E-state index >= 15 is 0 Å². The molecular weight excluding hydrogens is 328 g/mol. The maximum absolute atomic E-state index is 5.84. The molecule has 1 aromatic heterocycles. The zero-order valence-electron chi connectivity index (χ0n) is 11.0. The van der Waals surface area contributed by atoms with E-state index in [1.54, 1.807) is 0 Å². The number of hydrogen-bond donors (Lipinski definition) is 0. The molecule has 1 heterocycles. The fourth-order valence-corrected chi connectivity index (χ4v) is 2.68. The van der Waals surface area contributed by atoms with E-state index in [1.165, 1.54) is 0 Å². The SMILES string of the molecule is CCc1nn(C)c(COCc2ccc(Cl)cc2)c1Br. The van der Waals surface area contributed by atoms with Crippen molar-refractivity contribution in [2.24, 2.45) is 7.05 Å². The summed E-state index contributed by atoms with van der Waals surface area (Å²) in [6.45, 7) is 3.19. The lowest BCUT2D eigenvalue weighted by molar-refractivity contribution is 0.102. The Morgan fingerprint density at radius 2 is 1.95 bits per heavy atom. The topological polar surface area (TPSA) is 27.1 Å². The van der Waals surface area contributed by atoms with Gasteiger partial charge in [0.1, 0.15) is 0 Å². The van der Waals surface area contributed by atoms with Crippen LogP contribution in [0.5, 0.6) is 0 Å². The van der Waals surface area contributed by atoms with Gasteiger partial charge in [-0.05, 0) is 40.0 Å². The van der Waals surface area contributed by atoms with Crippen LogP contribution in [0.2, 0.25) is 5.02 Å². The van der Waals surface area contributed by atoms with Crippen LogP contribution >= 0.6 is 27.5 Å². The van der Waals surface area contributed by atoms with Crippen molar-refractivity contribution in [3.05, 3.63) is 50.7 Å². The van der Waals surface area contributed by atoms with Crippen molar-refractivity contribution in [2.45, 2.75) is 26.6 Å². The summed E-state index contributed by atoms with van der Waals surface area (Å²) in [7, 11) is 1.94. The van der Waals surface area contributed by atoms with E-state index in [0.717, 1.165) is 32.9 Å². The first-order chi connectivity index (χ1) is 9.11. The van der Waals surface area contributed by atoms with Gasteiger partial charge in [0.2, 0.25) is 0 Å². The average molecular weight is 344 g/mol. The molecule has 0 radical (unpaired) electrons. The van der Waals surface area contributed by atoms with Crippen LogP contribution in [-0.2, 0) is 31.4 Å². The summed E-state index contributed by atoms with van der Waals surface area (Å²) >= 11 is 9.42. The van der Waals surface area contributed by atoms with Gasteiger partial charge in [0, 0.05) is 12.1 Å². The maximum Gasteiger partial charge on any atom is 0.0900 e. The second-order valence-corrected chi connectivity index (χ2v) is 5.53. The normalized spacial score (nSPS) is 10.9. The largest absolute Gasteiger partial charge is 0.370 e. The van der Waals surface area contributed by atoms with Crippen molar-refractivity contribution in [3.63, 3.8) is 0 Å². The third-order valence-corrected chi connectivity index (χ3v) is 4.09. The molecule has 0 unspecified atom stereocenters. The molecule has 2 aromatic rings. The number of aromatic nitrogens is 2. The molecule has 0 aliphatic rings. The minimum Gasteiger partial charge on any atom is -0.370 e. The molecule has 102 valence electrons. The lowest BCUT2D eigenvalue weighted by atomic mass is 10.2. The lowest BCUT2D eigenvalue weighted by Crippen LogP contribution is -2.02. The first-order valence-electron chi connectivity index (χ1n) is 6.14. The molecule has 0 fully saturated rings. The van der Waals surface area contributed by atoms with E-state index in [9.17, 15) is 0 Å². The fourth-order valence-electron chi connectivity index (χ4n) is 1.82. The Hall–Kier alpha value is -0.840. The van der Waals surface area contributed by atoms with Crippen molar-refractivity contribution in [3.8, 4) is 0 Å². The van der Waals surface area contributed by atoms with Crippen molar-refractivity contribution >= 4 is 27.5 Å². The van der Waals surface area contributed by atoms with Gasteiger partial charge in [-0.1, -0.05) is 30.7 Å². The first-order valence-corrected chi connectivity index (χ1v) is 7.31. The lowest BCUT2D eigenvalue weighted by Gasteiger charge is -2.06. The van der Waals surface area contributed by atoms with Gasteiger partial charge >= 0.3 is 0 Å². The Morgan fingerprint density at radius 3 is 2.53 bits per heavy atom. The quantitative estimate of drug-likeness (QED) is 0.816. The van der Waals surface area contributed by atoms with E-state index in [1.807, 2.05) is 36.0 Å². The number of benzene rings is 1. The van der Waals surface area contributed by atoms with Crippen molar-refractivity contribution in [1.82, 2.24) is 9.78 Å². The van der Waals surface area contributed by atoms with Gasteiger partial charge in [0.05, 0.1) is 29.1 Å². The van der Waals surface area contributed by atoms with Gasteiger partial charge in [0.15, 0.2) is 0 Å². The third-order valence-electron chi connectivity index (χ3n) is 2.92. The maximum atomic E-state index is 5.84. The van der Waals surface area contributed by atoms with E-state index < -0.39 is 0 Å². The average Bonchev–Trinajstić information content (AvgIpc) is 2.68. The molecule has 5 heteroatoms. The van der Waals surface area contributed by atoms with Crippen LogP contribution in [-0.4, -0.2) is 9.78 Å². The minimum absolute atomic E-state index is 0.534. The van der Waals surface area contributed by atoms with Gasteiger partial charge in [-0.25, -0.2) is 0 Å². The van der Waals surface area contributed by atoms with Crippen LogP contribution in [0, 0.1) is 0 Å². The zero-order chi connectivity index (χ0) is 13.8. The highest BCUT2D eigenvalue weighted by Crippen LogP contribution is 2.22. The highest BCUT2D eigenvalue weighted by atomic mass is 79.9. The molecule has 19 heavy (non-hydrogen) atoms. The summed E-state index contributed by atoms with van der Waals surface area (Å²) in [5, 5.41) is 5.18. The Balaban J connectivity index is 1.96.